The zero-order valence-electron chi connectivity index (χ0n) is 20.7. The standard InChI is InChI=1S/C26H33N3O4S/c1-7-33-18-9-8-15(10-19(18)32-6)20-21-16(11-26(4,5)12-17(21)30)27-23-22(20)24(31)29-25(28-23)34-13-14(2)3/h8-10,14,20H,7,11-13H2,1-6H3,(H2,27,28,29,31). The van der Waals surface area contributed by atoms with Gasteiger partial charge in [-0.15, -0.1) is 0 Å². The van der Waals surface area contributed by atoms with Crippen molar-refractivity contribution in [3.63, 3.8) is 0 Å². The first-order valence-electron chi connectivity index (χ1n) is 11.7. The SMILES string of the molecule is CCOc1ccc(C2C3=C(CC(C)(C)CC3=O)Nc3nc(SCC(C)C)[nH]c(=O)c32)cc1OC. The van der Waals surface area contributed by atoms with Gasteiger partial charge in [0.05, 0.1) is 19.3 Å². The Hall–Kier alpha value is -2.74. The Balaban J connectivity index is 1.89. The van der Waals surface area contributed by atoms with Crippen molar-refractivity contribution >= 4 is 23.4 Å². The summed E-state index contributed by atoms with van der Waals surface area (Å²) in [5, 5.41) is 3.95. The van der Waals surface area contributed by atoms with Crippen LogP contribution in [-0.4, -0.2) is 35.2 Å². The quantitative estimate of drug-likeness (QED) is 0.417. The number of nitrogens with one attached hydrogen (secondary N) is 2. The summed E-state index contributed by atoms with van der Waals surface area (Å²) >= 11 is 1.53. The number of aromatic amines is 1. The highest BCUT2D eigenvalue weighted by atomic mass is 32.2. The van der Waals surface area contributed by atoms with Crippen molar-refractivity contribution in [2.45, 2.75) is 58.5 Å². The van der Waals surface area contributed by atoms with Crippen LogP contribution in [0.1, 0.15) is 64.5 Å². The van der Waals surface area contributed by atoms with E-state index in [1.165, 1.54) is 11.8 Å². The lowest BCUT2D eigenvalue weighted by molar-refractivity contribution is -0.118. The zero-order valence-corrected chi connectivity index (χ0v) is 21.5. The zero-order chi connectivity index (χ0) is 24.6. The predicted octanol–water partition coefficient (Wildman–Crippen LogP) is 5.13. The van der Waals surface area contributed by atoms with E-state index in [0.717, 1.165) is 17.0 Å². The predicted molar refractivity (Wildman–Crippen MR) is 135 cm³/mol. The fraction of sp³-hybridized carbons (Fsp3) is 0.500. The maximum absolute atomic E-state index is 13.4. The van der Waals surface area contributed by atoms with Crippen LogP contribution in [0, 0.1) is 11.3 Å². The minimum Gasteiger partial charge on any atom is -0.493 e. The molecule has 4 rings (SSSR count). The number of hydrogen-bond acceptors (Lipinski definition) is 7. The molecular formula is C26H33N3O4S. The number of anilines is 1. The van der Waals surface area contributed by atoms with Crippen LogP contribution in [0.4, 0.5) is 5.82 Å². The number of nitrogens with zero attached hydrogens (tertiary/aromatic N) is 1. The molecule has 7 nitrogen and oxygen atoms in total. The molecule has 0 saturated carbocycles. The second kappa shape index (κ2) is 9.49. The molecule has 1 aromatic heterocycles. The molecule has 1 aliphatic carbocycles. The van der Waals surface area contributed by atoms with Gasteiger partial charge >= 0.3 is 0 Å². The van der Waals surface area contributed by atoms with Crippen LogP contribution in [0.2, 0.25) is 0 Å². The maximum atomic E-state index is 13.4. The van der Waals surface area contributed by atoms with Gasteiger partial charge in [-0.2, -0.15) is 0 Å². The van der Waals surface area contributed by atoms with Gasteiger partial charge in [0, 0.05) is 29.4 Å². The van der Waals surface area contributed by atoms with Crippen LogP contribution in [-0.2, 0) is 4.79 Å². The Morgan fingerprint density at radius 3 is 2.65 bits per heavy atom. The molecule has 2 heterocycles. The number of rotatable bonds is 7. The van der Waals surface area contributed by atoms with Gasteiger partial charge in [-0.1, -0.05) is 45.5 Å². The molecule has 1 aromatic carbocycles. The van der Waals surface area contributed by atoms with Gasteiger partial charge < -0.3 is 19.8 Å². The van der Waals surface area contributed by atoms with Crippen LogP contribution in [0.15, 0.2) is 39.4 Å². The average Bonchev–Trinajstić information content (AvgIpc) is 2.76. The molecule has 0 amide bonds. The first kappa shape index (κ1) is 24.4. The highest BCUT2D eigenvalue weighted by molar-refractivity contribution is 7.99. The average molecular weight is 484 g/mol. The first-order valence-corrected chi connectivity index (χ1v) is 12.7. The van der Waals surface area contributed by atoms with E-state index in [4.69, 9.17) is 14.5 Å². The number of Topliss-reactive ketones (excluding diaryl/α,β-unsaturated/α-hetero) is 1. The number of thioether (sulfide) groups is 1. The van der Waals surface area contributed by atoms with Gasteiger partial charge in [0.15, 0.2) is 22.4 Å². The molecule has 1 unspecified atom stereocenters. The third-order valence-corrected chi connectivity index (χ3v) is 7.37. The van der Waals surface area contributed by atoms with E-state index in [9.17, 15) is 9.59 Å². The van der Waals surface area contributed by atoms with Gasteiger partial charge in [-0.3, -0.25) is 9.59 Å². The molecule has 0 radical (unpaired) electrons. The number of ether oxygens (including phenoxy) is 2. The molecular weight excluding hydrogens is 450 g/mol. The fourth-order valence-corrected chi connectivity index (χ4v) is 5.49. The van der Waals surface area contributed by atoms with Gasteiger partial charge in [0.1, 0.15) is 5.82 Å². The minimum absolute atomic E-state index is 0.0555. The summed E-state index contributed by atoms with van der Waals surface area (Å²) in [6.45, 7) is 10.9. The summed E-state index contributed by atoms with van der Waals surface area (Å²) in [5.74, 6) is 2.56. The summed E-state index contributed by atoms with van der Waals surface area (Å²) in [5.41, 5.74) is 2.37. The number of fused-ring (bicyclic) bond motifs is 1. The van der Waals surface area contributed by atoms with E-state index in [1.54, 1.807) is 7.11 Å². The number of aromatic nitrogens is 2. The second-order valence-electron chi connectivity index (χ2n) is 10.1. The third kappa shape index (κ3) is 4.73. The van der Waals surface area contributed by atoms with E-state index in [-0.39, 0.29) is 16.8 Å². The van der Waals surface area contributed by atoms with Crippen molar-refractivity contribution < 1.29 is 14.3 Å². The fourth-order valence-electron chi connectivity index (χ4n) is 4.68. The molecule has 2 aliphatic rings. The van der Waals surface area contributed by atoms with Crippen LogP contribution in [0.5, 0.6) is 11.5 Å². The number of ketones is 1. The largest absolute Gasteiger partial charge is 0.493 e. The van der Waals surface area contributed by atoms with E-state index < -0.39 is 5.92 Å². The van der Waals surface area contributed by atoms with Crippen molar-refractivity contribution in [1.29, 1.82) is 0 Å². The van der Waals surface area contributed by atoms with E-state index in [2.05, 4.69) is 38.0 Å². The summed E-state index contributed by atoms with van der Waals surface area (Å²) in [6.07, 6.45) is 1.14. The third-order valence-electron chi connectivity index (χ3n) is 6.07. The molecule has 182 valence electrons. The Kier molecular flexibility index (Phi) is 6.80. The second-order valence-corrected chi connectivity index (χ2v) is 11.1. The molecule has 0 saturated heterocycles. The molecule has 0 fully saturated rings. The van der Waals surface area contributed by atoms with Crippen LogP contribution in [0.25, 0.3) is 0 Å². The molecule has 1 aliphatic heterocycles. The van der Waals surface area contributed by atoms with Gasteiger partial charge in [-0.05, 0) is 42.4 Å². The normalized spacial score (nSPS) is 18.9. The van der Waals surface area contributed by atoms with Crippen molar-refractivity contribution in [2.24, 2.45) is 11.3 Å². The number of carbonyl (C=O) groups is 1. The number of benzene rings is 1. The lowest BCUT2D eigenvalue weighted by Crippen LogP contribution is -2.37. The number of methoxy groups -OCH3 is 1. The summed E-state index contributed by atoms with van der Waals surface area (Å²) in [6, 6.07) is 5.61. The summed E-state index contributed by atoms with van der Waals surface area (Å²) in [7, 11) is 1.59. The van der Waals surface area contributed by atoms with Crippen molar-refractivity contribution in [1.82, 2.24) is 9.97 Å². The first-order chi connectivity index (χ1) is 16.1. The maximum Gasteiger partial charge on any atom is 0.257 e. The smallest absolute Gasteiger partial charge is 0.257 e. The Bertz CT molecular complexity index is 1200. The molecule has 0 bridgehead atoms. The van der Waals surface area contributed by atoms with Gasteiger partial charge in [-0.25, -0.2) is 4.98 Å². The van der Waals surface area contributed by atoms with E-state index in [1.807, 2.05) is 25.1 Å². The van der Waals surface area contributed by atoms with E-state index in [0.29, 0.717) is 59.0 Å². The number of allylic oxidation sites excluding steroid dienone is 2. The lowest BCUT2D eigenvalue weighted by atomic mass is 9.69. The van der Waals surface area contributed by atoms with Gasteiger partial charge in [0.2, 0.25) is 0 Å². The summed E-state index contributed by atoms with van der Waals surface area (Å²) in [4.78, 5) is 34.5. The molecule has 34 heavy (non-hydrogen) atoms. The van der Waals surface area contributed by atoms with E-state index >= 15 is 0 Å². The molecule has 1 atom stereocenters. The van der Waals surface area contributed by atoms with Crippen molar-refractivity contribution in [3.8, 4) is 11.5 Å². The van der Waals surface area contributed by atoms with Crippen molar-refractivity contribution in [2.75, 3.05) is 24.8 Å². The topological polar surface area (TPSA) is 93.3 Å². The highest BCUT2D eigenvalue weighted by Gasteiger charge is 2.42. The lowest BCUT2D eigenvalue weighted by Gasteiger charge is -2.38. The summed E-state index contributed by atoms with van der Waals surface area (Å²) < 4.78 is 11.3. The van der Waals surface area contributed by atoms with Crippen LogP contribution < -0.4 is 20.3 Å². The molecule has 2 aromatic rings. The Morgan fingerprint density at radius 2 is 1.97 bits per heavy atom. The molecule has 8 heteroatoms. The Morgan fingerprint density at radius 1 is 1.21 bits per heavy atom. The number of hydrogen-bond donors (Lipinski definition) is 2. The minimum atomic E-state index is -0.528. The molecule has 2 N–H and O–H groups in total. The van der Waals surface area contributed by atoms with Gasteiger partial charge in [0.25, 0.3) is 5.56 Å². The number of H-pyrrole nitrogens is 1. The van der Waals surface area contributed by atoms with Crippen LogP contribution in [0.3, 0.4) is 0 Å². The van der Waals surface area contributed by atoms with Crippen molar-refractivity contribution in [3.05, 3.63) is 50.9 Å². The van der Waals surface area contributed by atoms with Crippen LogP contribution >= 0.6 is 11.8 Å². The monoisotopic (exact) mass is 483 g/mol. The number of carbonyl (C=O) groups excluding carboxylic acids is 1. The Labute approximate surface area is 204 Å². The highest BCUT2D eigenvalue weighted by Crippen LogP contribution is 2.48. The molecule has 0 spiro atoms.